The van der Waals surface area contributed by atoms with E-state index in [0.29, 0.717) is 5.92 Å². The van der Waals surface area contributed by atoms with Crippen LogP contribution in [0.1, 0.15) is 15.9 Å². The van der Waals surface area contributed by atoms with Crippen LogP contribution in [0, 0.1) is 11.8 Å². The zero-order valence-electron chi connectivity index (χ0n) is 9.31. The Morgan fingerprint density at radius 2 is 2.06 bits per heavy atom. The molecule has 0 bridgehead atoms. The summed E-state index contributed by atoms with van der Waals surface area (Å²) in [7, 11) is 2.06. The van der Waals surface area contributed by atoms with Crippen LogP contribution < -0.4 is 0 Å². The third kappa shape index (κ3) is 1.37. The molecule has 0 saturated carbocycles. The van der Waals surface area contributed by atoms with E-state index in [9.17, 15) is 4.79 Å². The summed E-state index contributed by atoms with van der Waals surface area (Å²) in [5.41, 5.74) is 3.32. The highest BCUT2D eigenvalue weighted by atomic mass is 16.1. The first-order chi connectivity index (χ1) is 7.75. The molecule has 2 unspecified atom stereocenters. The van der Waals surface area contributed by atoms with Gasteiger partial charge in [0, 0.05) is 11.5 Å². The van der Waals surface area contributed by atoms with Crippen molar-refractivity contribution < 1.29 is 4.79 Å². The van der Waals surface area contributed by atoms with Crippen LogP contribution in [-0.2, 0) is 6.42 Å². The van der Waals surface area contributed by atoms with E-state index in [1.807, 2.05) is 18.2 Å². The van der Waals surface area contributed by atoms with Crippen LogP contribution in [0.15, 0.2) is 48.0 Å². The van der Waals surface area contributed by atoms with Crippen LogP contribution in [0.4, 0.5) is 0 Å². The number of carbonyl (C=O) groups is 1. The number of fused-ring (bicyclic) bond motifs is 2. The largest absolute Gasteiger partial charge is 0.293 e. The monoisotopic (exact) mass is 208 g/mol. The van der Waals surface area contributed by atoms with Crippen molar-refractivity contribution in [1.82, 2.24) is 0 Å². The molecule has 0 aromatic heterocycles. The summed E-state index contributed by atoms with van der Waals surface area (Å²) in [5, 5.41) is 0. The molecule has 1 aromatic rings. The smallest absolute Gasteiger partial charge is 0.170 e. The van der Waals surface area contributed by atoms with Gasteiger partial charge in [-0.05, 0) is 17.9 Å². The molecule has 78 valence electrons. The molecule has 0 radical (unpaired) electrons. The average Bonchev–Trinajstić information content (AvgIpc) is 2.31. The van der Waals surface area contributed by atoms with Gasteiger partial charge in [0.1, 0.15) is 7.85 Å². The molecule has 0 spiro atoms. The van der Waals surface area contributed by atoms with E-state index in [1.54, 1.807) is 0 Å². The average molecular weight is 208 g/mol. The first-order valence-electron chi connectivity index (χ1n) is 5.74. The van der Waals surface area contributed by atoms with Gasteiger partial charge in [0.05, 0.1) is 0 Å². The molecule has 3 rings (SSSR count). The first-order valence-corrected chi connectivity index (χ1v) is 5.74. The number of Topliss-reactive ketones (excluding diaryl/α,β-unsaturated/α-hetero) is 1. The number of ketones is 1. The van der Waals surface area contributed by atoms with Crippen LogP contribution in [-0.4, -0.2) is 13.6 Å². The van der Waals surface area contributed by atoms with Crippen LogP contribution in [0.3, 0.4) is 0 Å². The first kappa shape index (κ1) is 9.65. The predicted octanol–water partition coefficient (Wildman–Crippen LogP) is 1.74. The molecule has 0 saturated heterocycles. The molecule has 2 aliphatic carbocycles. The zero-order valence-corrected chi connectivity index (χ0v) is 9.31. The third-order valence-corrected chi connectivity index (χ3v) is 3.55. The molecule has 1 aromatic carbocycles. The Morgan fingerprint density at radius 3 is 2.94 bits per heavy atom. The van der Waals surface area contributed by atoms with E-state index >= 15 is 0 Å². The fraction of sp³-hybridized carbons (Fsp3) is 0.214. The molecule has 1 nitrogen and oxygen atoms in total. The highest BCUT2D eigenvalue weighted by Crippen LogP contribution is 2.34. The minimum atomic E-state index is 0.0694. The molecule has 2 atom stereocenters. The van der Waals surface area contributed by atoms with Gasteiger partial charge in [0.15, 0.2) is 5.78 Å². The van der Waals surface area contributed by atoms with E-state index in [0.717, 1.165) is 12.0 Å². The highest BCUT2D eigenvalue weighted by molar-refractivity contribution is 6.24. The summed E-state index contributed by atoms with van der Waals surface area (Å²) >= 11 is 0. The summed E-state index contributed by atoms with van der Waals surface area (Å²) in [5.74, 6) is 0.724. The summed E-state index contributed by atoms with van der Waals surface area (Å²) in [4.78, 5) is 12.3. The second kappa shape index (κ2) is 3.48. The molecule has 0 aliphatic heterocycles. The second-order valence-corrected chi connectivity index (χ2v) is 4.68. The summed E-state index contributed by atoms with van der Waals surface area (Å²) in [6, 6.07) is 7.99. The van der Waals surface area contributed by atoms with Crippen molar-refractivity contribution in [3.8, 4) is 0 Å². The lowest BCUT2D eigenvalue weighted by Gasteiger charge is -2.30. The van der Waals surface area contributed by atoms with Crippen molar-refractivity contribution in [2.24, 2.45) is 11.8 Å². The summed E-state index contributed by atoms with van der Waals surface area (Å²) in [6.45, 7) is 0. The number of carbonyl (C=O) groups excluding carboxylic acids is 1. The van der Waals surface area contributed by atoms with Crippen molar-refractivity contribution in [2.45, 2.75) is 6.42 Å². The Hall–Kier alpha value is -1.57. The Balaban J connectivity index is 2.09. The fourth-order valence-electron chi connectivity index (χ4n) is 2.69. The number of benzene rings is 1. The van der Waals surface area contributed by atoms with Crippen LogP contribution >= 0.6 is 0 Å². The van der Waals surface area contributed by atoms with Gasteiger partial charge in [-0.15, -0.1) is 0 Å². The molecule has 0 fully saturated rings. The Labute approximate surface area is 96.3 Å². The number of hydrogen-bond donors (Lipinski definition) is 0. The van der Waals surface area contributed by atoms with Gasteiger partial charge in [0.25, 0.3) is 0 Å². The summed E-state index contributed by atoms with van der Waals surface area (Å²) in [6.07, 6.45) is 7.42. The minimum Gasteiger partial charge on any atom is -0.293 e. The molecule has 2 aliphatic rings. The number of hydrogen-bond acceptors (Lipinski definition) is 1. The van der Waals surface area contributed by atoms with Crippen molar-refractivity contribution in [2.75, 3.05) is 0 Å². The van der Waals surface area contributed by atoms with E-state index < -0.39 is 0 Å². The van der Waals surface area contributed by atoms with Gasteiger partial charge in [-0.2, -0.15) is 0 Å². The van der Waals surface area contributed by atoms with Crippen LogP contribution in [0.2, 0.25) is 0 Å². The lowest BCUT2D eigenvalue weighted by Crippen LogP contribution is -2.30. The number of rotatable bonds is 0. The van der Waals surface area contributed by atoms with Gasteiger partial charge >= 0.3 is 0 Å². The second-order valence-electron chi connectivity index (χ2n) is 4.68. The summed E-state index contributed by atoms with van der Waals surface area (Å²) < 4.78 is 0. The zero-order chi connectivity index (χ0) is 11.1. The van der Waals surface area contributed by atoms with Gasteiger partial charge in [0.2, 0.25) is 0 Å². The standard InChI is InChI=1S/C14H13BO/c15-11-6-5-10-7-9-3-1-2-4-12(9)14(16)13(10)8-11/h1-6,8,10,13H,7,15H2. The predicted molar refractivity (Wildman–Crippen MR) is 67.2 cm³/mol. The van der Waals surface area contributed by atoms with Crippen molar-refractivity contribution in [3.63, 3.8) is 0 Å². The van der Waals surface area contributed by atoms with Crippen LogP contribution in [0.5, 0.6) is 0 Å². The minimum absolute atomic E-state index is 0.0694. The molecule has 2 heteroatoms. The van der Waals surface area contributed by atoms with Gasteiger partial charge in [-0.25, -0.2) is 0 Å². The van der Waals surface area contributed by atoms with Crippen molar-refractivity contribution in [1.29, 1.82) is 0 Å². The maximum atomic E-state index is 12.3. The van der Waals surface area contributed by atoms with E-state index in [4.69, 9.17) is 0 Å². The molecular weight excluding hydrogens is 195 g/mol. The molecule has 0 amide bonds. The van der Waals surface area contributed by atoms with Crippen molar-refractivity contribution in [3.05, 3.63) is 59.1 Å². The Kier molecular flexibility index (Phi) is 2.10. The fourth-order valence-corrected chi connectivity index (χ4v) is 2.69. The maximum Gasteiger partial charge on any atom is 0.170 e. The van der Waals surface area contributed by atoms with E-state index in [2.05, 4.69) is 32.1 Å². The molecular formula is C14H13BO. The van der Waals surface area contributed by atoms with Gasteiger partial charge in [-0.1, -0.05) is 48.0 Å². The lowest BCUT2D eigenvalue weighted by atomic mass is 9.70. The maximum absolute atomic E-state index is 12.3. The van der Waals surface area contributed by atoms with Gasteiger partial charge < -0.3 is 0 Å². The van der Waals surface area contributed by atoms with Crippen molar-refractivity contribution >= 4 is 13.6 Å². The molecule has 0 heterocycles. The van der Waals surface area contributed by atoms with Gasteiger partial charge in [-0.3, -0.25) is 4.79 Å². The van der Waals surface area contributed by atoms with E-state index in [1.165, 1.54) is 11.0 Å². The number of allylic oxidation sites excluding steroid dienone is 4. The van der Waals surface area contributed by atoms with Crippen LogP contribution in [0.25, 0.3) is 0 Å². The topological polar surface area (TPSA) is 17.1 Å². The quantitative estimate of drug-likeness (QED) is 0.593. The lowest BCUT2D eigenvalue weighted by molar-refractivity contribution is 0.0907. The van der Waals surface area contributed by atoms with E-state index in [-0.39, 0.29) is 11.7 Å². The highest BCUT2D eigenvalue weighted by Gasteiger charge is 2.33. The SMILES string of the molecule is BC1=CC2C(=O)c3ccccc3CC2C=C1. The third-order valence-electron chi connectivity index (χ3n) is 3.55. The molecule has 0 N–H and O–H groups in total. The normalized spacial score (nSPS) is 27.0. The Bertz CT molecular complexity index is 513. The molecule has 16 heavy (non-hydrogen) atoms. The Morgan fingerprint density at radius 1 is 1.25 bits per heavy atom.